The van der Waals surface area contributed by atoms with Crippen LogP contribution in [0.1, 0.15) is 40.4 Å². The second-order valence-corrected chi connectivity index (χ2v) is 10.7. The number of rotatable bonds is 10. The Morgan fingerprint density at radius 3 is 2.47 bits per heavy atom. The van der Waals surface area contributed by atoms with Crippen molar-refractivity contribution >= 4 is 28.9 Å². The number of halogens is 3. The lowest BCUT2D eigenvalue weighted by Crippen LogP contribution is -2.46. The highest BCUT2D eigenvalue weighted by Gasteiger charge is 2.33. The summed E-state index contributed by atoms with van der Waals surface area (Å²) < 4.78 is 43.1. The highest BCUT2D eigenvalue weighted by Crippen LogP contribution is 2.32. The van der Waals surface area contributed by atoms with Gasteiger partial charge in [-0.1, -0.05) is 48.0 Å². The Balaban J connectivity index is 1.45. The number of carbonyl (C=O) groups is 1. The van der Waals surface area contributed by atoms with E-state index < -0.39 is 17.8 Å². The van der Waals surface area contributed by atoms with E-state index in [-0.39, 0.29) is 36.1 Å². The van der Waals surface area contributed by atoms with Gasteiger partial charge in [0.25, 0.3) is 0 Å². The molecule has 0 saturated carbocycles. The van der Waals surface area contributed by atoms with Gasteiger partial charge in [-0.05, 0) is 67.5 Å². The van der Waals surface area contributed by atoms with Crippen LogP contribution in [0.5, 0.6) is 0 Å². The highest BCUT2D eigenvalue weighted by molar-refractivity contribution is 7.80. The fraction of sp³-hybridized carbons (Fsp3) is 0.250. The SMILES string of the molecule is Cc1ccc(NC(=S)N(Cc2ccccc2C(F)(F)F)C[C@H](C)NC(=O)Cc2cncn2Cc2ccc(C#N)cc2)cc1. The lowest BCUT2D eigenvalue weighted by Gasteiger charge is -2.30. The molecule has 43 heavy (non-hydrogen) atoms. The molecule has 7 nitrogen and oxygen atoms in total. The van der Waals surface area contributed by atoms with Gasteiger partial charge in [-0.2, -0.15) is 18.4 Å². The van der Waals surface area contributed by atoms with Crippen molar-refractivity contribution in [2.24, 2.45) is 0 Å². The summed E-state index contributed by atoms with van der Waals surface area (Å²) in [5.41, 5.74) is 3.32. The maximum atomic E-state index is 13.8. The Morgan fingerprint density at radius 1 is 1.09 bits per heavy atom. The zero-order chi connectivity index (χ0) is 31.0. The molecule has 2 N–H and O–H groups in total. The van der Waals surface area contributed by atoms with E-state index in [1.54, 1.807) is 42.5 Å². The molecule has 1 amide bonds. The van der Waals surface area contributed by atoms with Crippen molar-refractivity contribution in [3.63, 3.8) is 0 Å². The van der Waals surface area contributed by atoms with Gasteiger partial charge < -0.3 is 20.1 Å². The number of nitrogens with zero attached hydrogens (tertiary/aromatic N) is 4. The average Bonchev–Trinajstić information content (AvgIpc) is 3.39. The van der Waals surface area contributed by atoms with Gasteiger partial charge in [0.1, 0.15) is 0 Å². The third-order valence-electron chi connectivity index (χ3n) is 6.75. The number of nitriles is 1. The van der Waals surface area contributed by atoms with Crippen LogP contribution < -0.4 is 10.6 Å². The molecular weight excluding hydrogens is 573 g/mol. The van der Waals surface area contributed by atoms with E-state index in [1.807, 2.05) is 47.9 Å². The van der Waals surface area contributed by atoms with Crippen molar-refractivity contribution in [2.45, 2.75) is 45.6 Å². The first-order valence-electron chi connectivity index (χ1n) is 13.6. The van der Waals surface area contributed by atoms with Gasteiger partial charge in [-0.15, -0.1) is 0 Å². The van der Waals surface area contributed by atoms with Crippen molar-refractivity contribution in [1.82, 2.24) is 19.8 Å². The first-order chi connectivity index (χ1) is 20.5. The third kappa shape index (κ3) is 8.90. The summed E-state index contributed by atoms with van der Waals surface area (Å²) in [7, 11) is 0. The third-order valence-corrected chi connectivity index (χ3v) is 7.11. The molecule has 1 atom stereocenters. The first kappa shape index (κ1) is 31.3. The number of anilines is 1. The second kappa shape index (κ2) is 14.0. The molecule has 1 aromatic heterocycles. The summed E-state index contributed by atoms with van der Waals surface area (Å²) in [5, 5.41) is 15.3. The minimum Gasteiger partial charge on any atom is -0.352 e. The molecule has 0 bridgehead atoms. The van der Waals surface area contributed by atoms with Crippen LogP contribution in [0.3, 0.4) is 0 Å². The van der Waals surface area contributed by atoms with Gasteiger partial charge in [0.05, 0.1) is 29.9 Å². The number of nitrogens with one attached hydrogen (secondary N) is 2. The summed E-state index contributed by atoms with van der Waals surface area (Å²) >= 11 is 5.64. The maximum Gasteiger partial charge on any atom is 0.416 e. The van der Waals surface area contributed by atoms with E-state index in [0.717, 1.165) is 17.2 Å². The number of carbonyl (C=O) groups excluding carboxylic acids is 1. The zero-order valence-corrected chi connectivity index (χ0v) is 24.5. The lowest BCUT2D eigenvalue weighted by molar-refractivity contribution is -0.138. The van der Waals surface area contributed by atoms with E-state index in [0.29, 0.717) is 23.5 Å². The second-order valence-electron chi connectivity index (χ2n) is 10.3. The lowest BCUT2D eigenvalue weighted by atomic mass is 10.1. The Kier molecular flexibility index (Phi) is 10.2. The number of alkyl halides is 3. The van der Waals surface area contributed by atoms with Crippen LogP contribution in [0.25, 0.3) is 0 Å². The van der Waals surface area contributed by atoms with E-state index in [4.69, 9.17) is 17.5 Å². The van der Waals surface area contributed by atoms with E-state index in [2.05, 4.69) is 21.7 Å². The number of hydrogen-bond donors (Lipinski definition) is 2. The first-order valence-corrected chi connectivity index (χ1v) is 14.0. The number of aryl methyl sites for hydroxylation is 1. The van der Waals surface area contributed by atoms with E-state index >= 15 is 0 Å². The van der Waals surface area contributed by atoms with Crippen LogP contribution in [0.15, 0.2) is 85.3 Å². The van der Waals surface area contributed by atoms with Gasteiger partial charge in [0.15, 0.2) is 5.11 Å². The van der Waals surface area contributed by atoms with Crippen molar-refractivity contribution in [3.05, 3.63) is 119 Å². The van der Waals surface area contributed by atoms with E-state index in [9.17, 15) is 18.0 Å². The van der Waals surface area contributed by atoms with Gasteiger partial charge in [0, 0.05) is 43.3 Å². The predicted octanol–water partition coefficient (Wildman–Crippen LogP) is 6.08. The van der Waals surface area contributed by atoms with Crippen LogP contribution in [0, 0.1) is 18.3 Å². The molecule has 0 spiro atoms. The zero-order valence-electron chi connectivity index (χ0n) is 23.7. The fourth-order valence-electron chi connectivity index (χ4n) is 4.58. The van der Waals surface area contributed by atoms with Crippen molar-refractivity contribution in [2.75, 3.05) is 11.9 Å². The molecule has 11 heteroatoms. The normalized spacial score (nSPS) is 11.8. The van der Waals surface area contributed by atoms with Crippen molar-refractivity contribution < 1.29 is 18.0 Å². The molecule has 222 valence electrons. The Labute approximate surface area is 254 Å². The number of hydrogen-bond acceptors (Lipinski definition) is 4. The quantitative estimate of drug-likeness (QED) is 0.214. The maximum absolute atomic E-state index is 13.8. The Morgan fingerprint density at radius 2 is 1.79 bits per heavy atom. The number of benzene rings is 3. The monoisotopic (exact) mass is 604 g/mol. The predicted molar refractivity (Wildman–Crippen MR) is 163 cm³/mol. The molecule has 4 aromatic rings. The summed E-state index contributed by atoms with van der Waals surface area (Å²) in [4.78, 5) is 18.8. The number of thiocarbonyl (C=S) groups is 1. The summed E-state index contributed by atoms with van der Waals surface area (Å²) in [5.74, 6) is -0.262. The molecule has 4 rings (SSSR count). The van der Waals surface area contributed by atoms with Gasteiger partial charge in [0.2, 0.25) is 5.91 Å². The molecule has 1 heterocycles. The Bertz CT molecular complexity index is 1590. The highest BCUT2D eigenvalue weighted by atomic mass is 32.1. The van der Waals surface area contributed by atoms with Gasteiger partial charge in [-0.3, -0.25) is 4.79 Å². The molecule has 0 saturated heterocycles. The number of imidazole rings is 1. The summed E-state index contributed by atoms with van der Waals surface area (Å²) in [6.07, 6.45) is -1.20. The smallest absolute Gasteiger partial charge is 0.352 e. The van der Waals surface area contributed by atoms with Crippen LogP contribution >= 0.6 is 12.2 Å². The molecule has 0 fully saturated rings. The molecule has 0 aliphatic heterocycles. The van der Waals surface area contributed by atoms with Crippen LogP contribution in [0.4, 0.5) is 18.9 Å². The van der Waals surface area contributed by atoms with Crippen LogP contribution in [-0.2, 0) is 30.5 Å². The molecule has 0 aliphatic carbocycles. The molecular formula is C32H31F3N6OS. The summed E-state index contributed by atoms with van der Waals surface area (Å²) in [6.45, 7) is 4.27. The number of aromatic nitrogens is 2. The topological polar surface area (TPSA) is 86.0 Å². The van der Waals surface area contributed by atoms with Gasteiger partial charge in [-0.25, -0.2) is 4.98 Å². The molecule has 3 aromatic carbocycles. The van der Waals surface area contributed by atoms with Crippen LogP contribution in [-0.4, -0.2) is 38.1 Å². The minimum atomic E-state index is -4.52. The van der Waals surface area contributed by atoms with Crippen molar-refractivity contribution in [3.8, 4) is 6.07 Å². The number of amides is 1. The Hall–Kier alpha value is -4.69. The van der Waals surface area contributed by atoms with Crippen LogP contribution in [0.2, 0.25) is 0 Å². The molecule has 0 unspecified atom stereocenters. The van der Waals surface area contributed by atoms with Gasteiger partial charge >= 0.3 is 6.18 Å². The van der Waals surface area contributed by atoms with E-state index in [1.165, 1.54) is 12.1 Å². The standard InChI is InChI=1S/C32H31F3N6OS/c1-22-7-13-27(14-8-22)39-31(43)40(20-26-5-3-4-6-29(26)32(33,34)35)18-23(2)38-30(42)15-28-17-37-21-41(28)19-25-11-9-24(16-36)10-12-25/h3-14,17,21,23H,15,18-20H2,1-2H3,(H,38,42)(H,39,43)/t23-/m0/s1. The molecule has 0 aliphatic rings. The van der Waals surface area contributed by atoms with Crippen molar-refractivity contribution in [1.29, 1.82) is 5.26 Å². The average molecular weight is 605 g/mol. The summed E-state index contributed by atoms with van der Waals surface area (Å²) in [6, 6.07) is 21.7. The molecule has 0 radical (unpaired) electrons. The largest absolute Gasteiger partial charge is 0.416 e. The fourth-order valence-corrected chi connectivity index (χ4v) is 4.84. The minimum absolute atomic E-state index is 0.0591.